The Hall–Kier alpha value is 0.470. The van der Waals surface area contributed by atoms with E-state index in [2.05, 4.69) is 29.5 Å². The molecule has 0 atom stereocenters. The number of allylic oxidation sites excluding steroid dienone is 2. The highest BCUT2D eigenvalue weighted by atomic mass is 127. The minimum atomic E-state index is 1.28. The lowest BCUT2D eigenvalue weighted by atomic mass is 10.2. The summed E-state index contributed by atoms with van der Waals surface area (Å²) in [6.45, 7) is 2.25. The molecule has 0 aromatic heterocycles. The molecule has 0 amide bonds. The molecule has 0 aliphatic heterocycles. The molecule has 0 aromatic carbocycles. The maximum atomic E-state index is 2.47. The maximum absolute atomic E-state index is 2.47. The standard InChI is InChI=1S/C7H11I/c1-2-6-4-3-5-7(6)8/h2-5H2,1H3. The van der Waals surface area contributed by atoms with Gasteiger partial charge in [-0.25, -0.2) is 0 Å². The van der Waals surface area contributed by atoms with Crippen LogP contribution < -0.4 is 0 Å². The van der Waals surface area contributed by atoms with Crippen molar-refractivity contribution in [3.63, 3.8) is 0 Å². The molecule has 0 radical (unpaired) electrons. The summed E-state index contributed by atoms with van der Waals surface area (Å²) in [5, 5.41) is 0. The van der Waals surface area contributed by atoms with Crippen molar-refractivity contribution in [2.75, 3.05) is 0 Å². The predicted molar refractivity (Wildman–Crippen MR) is 45.2 cm³/mol. The van der Waals surface area contributed by atoms with Crippen LogP contribution in [0.25, 0.3) is 0 Å². The van der Waals surface area contributed by atoms with E-state index < -0.39 is 0 Å². The average Bonchev–Trinajstić information content (AvgIpc) is 2.14. The molecular weight excluding hydrogens is 211 g/mol. The summed E-state index contributed by atoms with van der Waals surface area (Å²) in [5.74, 6) is 0. The highest BCUT2D eigenvalue weighted by molar-refractivity contribution is 14.1. The third-order valence-electron chi connectivity index (χ3n) is 1.69. The van der Waals surface area contributed by atoms with Crippen molar-refractivity contribution in [2.45, 2.75) is 32.6 Å². The summed E-state index contributed by atoms with van der Waals surface area (Å²) in [6.07, 6.45) is 5.40. The number of halogens is 1. The maximum Gasteiger partial charge on any atom is -0.0102 e. The second-order valence-electron chi connectivity index (χ2n) is 2.22. The van der Waals surface area contributed by atoms with Crippen LogP contribution in [-0.2, 0) is 0 Å². The Morgan fingerprint density at radius 3 is 2.50 bits per heavy atom. The molecule has 8 heavy (non-hydrogen) atoms. The van der Waals surface area contributed by atoms with Crippen LogP contribution >= 0.6 is 22.6 Å². The molecule has 46 valence electrons. The molecule has 0 N–H and O–H groups in total. The van der Waals surface area contributed by atoms with Crippen LogP contribution in [0.3, 0.4) is 0 Å². The second kappa shape index (κ2) is 2.85. The number of rotatable bonds is 1. The van der Waals surface area contributed by atoms with E-state index in [0.29, 0.717) is 0 Å². The first-order valence-electron chi connectivity index (χ1n) is 3.21. The first kappa shape index (κ1) is 6.59. The Kier molecular flexibility index (Phi) is 2.35. The van der Waals surface area contributed by atoms with Crippen molar-refractivity contribution < 1.29 is 0 Å². The van der Waals surface area contributed by atoms with Gasteiger partial charge in [0, 0.05) is 0 Å². The molecule has 0 saturated heterocycles. The van der Waals surface area contributed by atoms with E-state index in [-0.39, 0.29) is 0 Å². The summed E-state index contributed by atoms with van der Waals surface area (Å²) < 4.78 is 1.63. The van der Waals surface area contributed by atoms with Gasteiger partial charge in [-0.05, 0) is 51.9 Å². The Bertz CT molecular complexity index is 114. The number of hydrogen-bond acceptors (Lipinski definition) is 0. The van der Waals surface area contributed by atoms with Crippen LogP contribution in [0.15, 0.2) is 9.15 Å². The summed E-state index contributed by atoms with van der Waals surface area (Å²) in [7, 11) is 0. The van der Waals surface area contributed by atoms with Gasteiger partial charge in [0.1, 0.15) is 0 Å². The van der Waals surface area contributed by atoms with Crippen LogP contribution in [0.2, 0.25) is 0 Å². The summed E-state index contributed by atoms with van der Waals surface area (Å²) in [6, 6.07) is 0. The zero-order valence-corrected chi connectivity index (χ0v) is 7.36. The highest BCUT2D eigenvalue weighted by Crippen LogP contribution is 2.32. The molecule has 1 aliphatic carbocycles. The van der Waals surface area contributed by atoms with Crippen molar-refractivity contribution in [1.29, 1.82) is 0 Å². The fraction of sp³-hybridized carbons (Fsp3) is 0.714. The van der Waals surface area contributed by atoms with Crippen LogP contribution in [0, 0.1) is 0 Å². The van der Waals surface area contributed by atoms with Crippen molar-refractivity contribution in [1.82, 2.24) is 0 Å². The van der Waals surface area contributed by atoms with Gasteiger partial charge in [-0.15, -0.1) is 0 Å². The van der Waals surface area contributed by atoms with Crippen molar-refractivity contribution >= 4 is 22.6 Å². The Morgan fingerprint density at radius 1 is 1.50 bits per heavy atom. The van der Waals surface area contributed by atoms with E-state index in [1.54, 1.807) is 9.15 Å². The van der Waals surface area contributed by atoms with E-state index in [1.807, 2.05) is 0 Å². The van der Waals surface area contributed by atoms with E-state index in [0.717, 1.165) is 0 Å². The Morgan fingerprint density at radius 2 is 2.25 bits per heavy atom. The van der Waals surface area contributed by atoms with Crippen molar-refractivity contribution in [2.24, 2.45) is 0 Å². The summed E-state index contributed by atoms with van der Waals surface area (Å²) in [4.78, 5) is 0. The SMILES string of the molecule is CCC1=C(I)CCC1. The molecule has 1 rings (SSSR count). The third-order valence-corrected chi connectivity index (χ3v) is 2.99. The molecule has 0 saturated carbocycles. The molecule has 0 unspecified atom stereocenters. The van der Waals surface area contributed by atoms with E-state index in [1.165, 1.54) is 25.7 Å². The van der Waals surface area contributed by atoms with Gasteiger partial charge in [-0.3, -0.25) is 0 Å². The molecule has 1 heteroatoms. The molecule has 1 aliphatic rings. The lowest BCUT2D eigenvalue weighted by Gasteiger charge is -1.93. The van der Waals surface area contributed by atoms with Gasteiger partial charge in [-0.2, -0.15) is 0 Å². The molecule has 0 aromatic rings. The average molecular weight is 222 g/mol. The van der Waals surface area contributed by atoms with Gasteiger partial charge in [-0.1, -0.05) is 12.5 Å². The van der Waals surface area contributed by atoms with Gasteiger partial charge in [0.05, 0.1) is 0 Å². The molecule has 0 bridgehead atoms. The minimum Gasteiger partial charge on any atom is -0.0616 e. The lowest BCUT2D eigenvalue weighted by molar-refractivity contribution is 0.879. The fourth-order valence-electron chi connectivity index (χ4n) is 1.14. The molecule has 0 fully saturated rings. The zero-order chi connectivity index (χ0) is 5.98. The van der Waals surface area contributed by atoms with E-state index in [4.69, 9.17) is 0 Å². The molecule has 0 heterocycles. The van der Waals surface area contributed by atoms with Crippen LogP contribution in [0.5, 0.6) is 0 Å². The largest absolute Gasteiger partial charge is 0.0616 e. The van der Waals surface area contributed by atoms with Gasteiger partial charge in [0.2, 0.25) is 0 Å². The fourth-order valence-corrected chi connectivity index (χ4v) is 2.17. The predicted octanol–water partition coefficient (Wildman–Crippen LogP) is 3.27. The van der Waals surface area contributed by atoms with Gasteiger partial charge in [0.15, 0.2) is 0 Å². The minimum absolute atomic E-state index is 1.28. The Balaban J connectivity index is 2.58. The van der Waals surface area contributed by atoms with E-state index >= 15 is 0 Å². The van der Waals surface area contributed by atoms with Gasteiger partial charge >= 0.3 is 0 Å². The lowest BCUT2D eigenvalue weighted by Crippen LogP contribution is -1.71. The molecule has 0 nitrogen and oxygen atoms in total. The van der Waals surface area contributed by atoms with Gasteiger partial charge < -0.3 is 0 Å². The summed E-state index contributed by atoms with van der Waals surface area (Å²) >= 11 is 2.47. The van der Waals surface area contributed by atoms with Crippen molar-refractivity contribution in [3.8, 4) is 0 Å². The smallest absolute Gasteiger partial charge is 0.0102 e. The summed E-state index contributed by atoms with van der Waals surface area (Å²) in [5.41, 5.74) is 1.70. The zero-order valence-electron chi connectivity index (χ0n) is 5.21. The topological polar surface area (TPSA) is 0 Å². The van der Waals surface area contributed by atoms with E-state index in [9.17, 15) is 0 Å². The third kappa shape index (κ3) is 1.24. The monoisotopic (exact) mass is 222 g/mol. The first-order chi connectivity index (χ1) is 3.84. The van der Waals surface area contributed by atoms with Crippen LogP contribution in [0.1, 0.15) is 32.6 Å². The number of hydrogen-bond donors (Lipinski definition) is 0. The van der Waals surface area contributed by atoms with Crippen LogP contribution in [-0.4, -0.2) is 0 Å². The van der Waals surface area contributed by atoms with Crippen LogP contribution in [0.4, 0.5) is 0 Å². The highest BCUT2D eigenvalue weighted by Gasteiger charge is 2.08. The second-order valence-corrected chi connectivity index (χ2v) is 3.52. The molecule has 0 spiro atoms. The quantitative estimate of drug-likeness (QED) is 0.597. The van der Waals surface area contributed by atoms with Crippen molar-refractivity contribution in [3.05, 3.63) is 9.15 Å². The molecular formula is C7H11I. The van der Waals surface area contributed by atoms with Gasteiger partial charge in [0.25, 0.3) is 0 Å². The Labute approximate surface area is 64.5 Å². The first-order valence-corrected chi connectivity index (χ1v) is 4.29. The normalized spacial score (nSPS) is 20.2.